The van der Waals surface area contributed by atoms with Crippen molar-refractivity contribution in [1.29, 1.82) is 0 Å². The molecule has 0 aliphatic rings. The molecule has 19 heavy (non-hydrogen) atoms. The molecule has 0 atom stereocenters. The lowest BCUT2D eigenvalue weighted by Crippen LogP contribution is -2.32. The van der Waals surface area contributed by atoms with Crippen LogP contribution in [0.2, 0.25) is 0 Å². The van der Waals surface area contributed by atoms with Gasteiger partial charge in [0.05, 0.1) is 16.6 Å². The zero-order valence-corrected chi connectivity index (χ0v) is 11.4. The highest BCUT2D eigenvalue weighted by Crippen LogP contribution is 2.19. The molecule has 1 N–H and O–H groups in total. The average Bonchev–Trinajstić information content (AvgIpc) is 2.82. The quantitative estimate of drug-likeness (QED) is 0.713. The van der Waals surface area contributed by atoms with Gasteiger partial charge in [-0.25, -0.2) is 9.55 Å². The maximum absolute atomic E-state index is 4.66. The molecule has 3 rings (SSSR count). The third kappa shape index (κ3) is 2.36. The van der Waals surface area contributed by atoms with Crippen LogP contribution >= 0.6 is 0 Å². The number of pyridine rings is 1. The summed E-state index contributed by atoms with van der Waals surface area (Å²) in [5, 5.41) is 0. The van der Waals surface area contributed by atoms with Gasteiger partial charge in [0.1, 0.15) is 12.4 Å². The zero-order valence-electron chi connectivity index (χ0n) is 11.4. The fourth-order valence-electron chi connectivity index (χ4n) is 2.32. The van der Waals surface area contributed by atoms with Crippen LogP contribution in [0.4, 0.5) is 0 Å². The van der Waals surface area contributed by atoms with E-state index < -0.39 is 0 Å². The van der Waals surface area contributed by atoms with Crippen molar-refractivity contribution >= 4 is 11.0 Å². The summed E-state index contributed by atoms with van der Waals surface area (Å²) in [7, 11) is 0. The summed E-state index contributed by atoms with van der Waals surface area (Å²) < 4.78 is 2.20. The summed E-state index contributed by atoms with van der Waals surface area (Å²) in [5.74, 6) is 0.936. The van der Waals surface area contributed by atoms with Gasteiger partial charge in [-0.2, -0.15) is 0 Å². The number of hydrogen-bond acceptors (Lipinski definition) is 1. The molecule has 96 valence electrons. The number of fused-ring (bicyclic) bond motifs is 1. The molecule has 3 nitrogen and oxygen atoms in total. The van der Waals surface area contributed by atoms with Crippen LogP contribution < -0.4 is 4.57 Å². The maximum Gasteiger partial charge on any atom is 0.179 e. The van der Waals surface area contributed by atoms with E-state index in [1.54, 1.807) is 0 Å². The van der Waals surface area contributed by atoms with Gasteiger partial charge < -0.3 is 4.98 Å². The Morgan fingerprint density at radius 2 is 2.16 bits per heavy atom. The standard InChI is InChI=1S/C16H18N3/c1-3-8-19-9-4-5-13(11-19)16-17-14-7-6-12(2)10-15(14)18-16/h4-7,9-11H,3,8H2,1-2H3,(H,17,18)/q+1. The van der Waals surface area contributed by atoms with E-state index in [0.717, 1.165) is 35.4 Å². The van der Waals surface area contributed by atoms with Crippen LogP contribution in [0.1, 0.15) is 18.9 Å². The van der Waals surface area contributed by atoms with Gasteiger partial charge in [0.15, 0.2) is 12.4 Å². The van der Waals surface area contributed by atoms with Crippen LogP contribution in [0.3, 0.4) is 0 Å². The molecule has 0 fully saturated rings. The Kier molecular flexibility index (Phi) is 3.03. The number of aromatic amines is 1. The molecule has 0 aliphatic carbocycles. The molecule has 2 heterocycles. The first-order valence-corrected chi connectivity index (χ1v) is 6.72. The highest BCUT2D eigenvalue weighted by atomic mass is 15.0. The SMILES string of the molecule is CCC[n+]1cccc(-c2nc3ccc(C)cc3[nH]2)c1. The second-order valence-corrected chi connectivity index (χ2v) is 4.94. The predicted molar refractivity (Wildman–Crippen MR) is 76.8 cm³/mol. The van der Waals surface area contributed by atoms with Crippen molar-refractivity contribution < 1.29 is 4.57 Å². The summed E-state index contributed by atoms with van der Waals surface area (Å²) in [5.41, 5.74) is 4.49. The smallest absolute Gasteiger partial charge is 0.179 e. The summed E-state index contributed by atoms with van der Waals surface area (Å²) >= 11 is 0. The molecule has 3 heteroatoms. The number of imidazole rings is 1. The number of hydrogen-bond donors (Lipinski definition) is 1. The third-order valence-electron chi connectivity index (χ3n) is 3.25. The topological polar surface area (TPSA) is 32.6 Å². The van der Waals surface area contributed by atoms with Crippen molar-refractivity contribution in [3.8, 4) is 11.4 Å². The monoisotopic (exact) mass is 252 g/mol. The normalized spacial score (nSPS) is 11.1. The van der Waals surface area contributed by atoms with Gasteiger partial charge in [0, 0.05) is 12.5 Å². The van der Waals surface area contributed by atoms with E-state index in [1.165, 1.54) is 5.56 Å². The van der Waals surface area contributed by atoms with Gasteiger partial charge in [-0.3, -0.25) is 0 Å². The highest BCUT2D eigenvalue weighted by Gasteiger charge is 2.09. The molecule has 3 aromatic rings. The van der Waals surface area contributed by atoms with E-state index in [9.17, 15) is 0 Å². The first kappa shape index (κ1) is 11.9. The number of benzene rings is 1. The molecule has 2 aromatic heterocycles. The van der Waals surface area contributed by atoms with Crippen LogP contribution in [0.15, 0.2) is 42.7 Å². The number of H-pyrrole nitrogens is 1. The average molecular weight is 252 g/mol. The van der Waals surface area contributed by atoms with Crippen molar-refractivity contribution in [3.63, 3.8) is 0 Å². The number of nitrogens with zero attached hydrogens (tertiary/aromatic N) is 2. The van der Waals surface area contributed by atoms with Gasteiger partial charge in [-0.15, -0.1) is 0 Å². The molecule has 0 unspecified atom stereocenters. The number of rotatable bonds is 3. The molecule has 0 saturated carbocycles. The van der Waals surface area contributed by atoms with Crippen molar-refractivity contribution in [1.82, 2.24) is 9.97 Å². The van der Waals surface area contributed by atoms with E-state index in [2.05, 4.69) is 71.1 Å². The molecule has 0 bridgehead atoms. The minimum atomic E-state index is 0.936. The first-order chi connectivity index (χ1) is 9.26. The molecule has 0 amide bonds. The van der Waals surface area contributed by atoms with Crippen molar-refractivity contribution in [3.05, 3.63) is 48.3 Å². The largest absolute Gasteiger partial charge is 0.338 e. The lowest BCUT2D eigenvalue weighted by atomic mass is 10.2. The van der Waals surface area contributed by atoms with Crippen LogP contribution in [0.5, 0.6) is 0 Å². The maximum atomic E-state index is 4.66. The van der Waals surface area contributed by atoms with Gasteiger partial charge in [-0.1, -0.05) is 13.0 Å². The Bertz CT molecular complexity index is 713. The fourth-order valence-corrected chi connectivity index (χ4v) is 2.32. The first-order valence-electron chi connectivity index (χ1n) is 6.72. The van der Waals surface area contributed by atoms with E-state index >= 15 is 0 Å². The Morgan fingerprint density at radius 1 is 1.26 bits per heavy atom. The van der Waals surface area contributed by atoms with Gasteiger partial charge >= 0.3 is 0 Å². The second-order valence-electron chi connectivity index (χ2n) is 4.94. The summed E-state index contributed by atoms with van der Waals surface area (Å²) in [6, 6.07) is 10.5. The van der Waals surface area contributed by atoms with E-state index in [-0.39, 0.29) is 0 Å². The zero-order chi connectivity index (χ0) is 13.2. The molecule has 0 spiro atoms. The Morgan fingerprint density at radius 3 is 3.00 bits per heavy atom. The molecular formula is C16H18N3+. The number of aryl methyl sites for hydroxylation is 2. The minimum absolute atomic E-state index is 0.936. The molecular weight excluding hydrogens is 234 g/mol. The summed E-state index contributed by atoms with van der Waals surface area (Å²) in [4.78, 5) is 8.05. The molecule has 0 aliphatic heterocycles. The van der Waals surface area contributed by atoms with Gasteiger partial charge in [0.25, 0.3) is 0 Å². The van der Waals surface area contributed by atoms with Crippen LogP contribution in [0.25, 0.3) is 22.4 Å². The van der Waals surface area contributed by atoms with E-state index in [1.807, 2.05) is 0 Å². The Hall–Kier alpha value is -2.16. The minimum Gasteiger partial charge on any atom is -0.338 e. The Labute approximate surface area is 112 Å². The summed E-state index contributed by atoms with van der Waals surface area (Å²) in [6.07, 6.45) is 5.38. The lowest BCUT2D eigenvalue weighted by molar-refractivity contribution is -0.696. The van der Waals surface area contributed by atoms with Crippen molar-refractivity contribution in [2.24, 2.45) is 0 Å². The van der Waals surface area contributed by atoms with E-state index in [0.29, 0.717) is 0 Å². The lowest BCUT2D eigenvalue weighted by Gasteiger charge is -1.96. The summed E-state index contributed by atoms with van der Waals surface area (Å²) in [6.45, 7) is 5.31. The number of aromatic nitrogens is 3. The third-order valence-corrected chi connectivity index (χ3v) is 3.25. The molecule has 0 radical (unpaired) electrons. The second kappa shape index (κ2) is 4.84. The highest BCUT2D eigenvalue weighted by molar-refractivity contribution is 5.79. The number of nitrogens with one attached hydrogen (secondary N) is 1. The predicted octanol–water partition coefficient (Wildman–Crippen LogP) is 3.24. The van der Waals surface area contributed by atoms with Crippen LogP contribution in [-0.2, 0) is 6.54 Å². The van der Waals surface area contributed by atoms with Gasteiger partial charge in [-0.05, 0) is 30.7 Å². The van der Waals surface area contributed by atoms with Crippen LogP contribution in [-0.4, -0.2) is 9.97 Å². The fraction of sp³-hybridized carbons (Fsp3) is 0.250. The van der Waals surface area contributed by atoms with E-state index in [4.69, 9.17) is 0 Å². The van der Waals surface area contributed by atoms with Crippen molar-refractivity contribution in [2.75, 3.05) is 0 Å². The molecule has 1 aromatic carbocycles. The van der Waals surface area contributed by atoms with Gasteiger partial charge in [0.2, 0.25) is 0 Å². The molecule has 0 saturated heterocycles. The van der Waals surface area contributed by atoms with Crippen LogP contribution in [0, 0.1) is 6.92 Å². The van der Waals surface area contributed by atoms with Crippen molar-refractivity contribution in [2.45, 2.75) is 26.8 Å². The Balaban J connectivity index is 2.05.